The van der Waals surface area contributed by atoms with Crippen LogP contribution >= 0.6 is 9.47 Å². The van der Waals surface area contributed by atoms with Crippen LogP contribution in [0.4, 0.5) is 26.3 Å². The maximum Gasteiger partial charge on any atom is 0.426 e. The van der Waals surface area contributed by atoms with E-state index in [1.54, 1.807) is 0 Å². The van der Waals surface area contributed by atoms with Crippen molar-refractivity contribution in [1.82, 2.24) is 0 Å². The zero-order chi connectivity index (χ0) is 11.8. The number of rotatable bonds is 3. The first-order chi connectivity index (χ1) is 5.97. The average Bonchev–Trinajstić information content (AvgIpc) is 2.01. The third-order valence-corrected chi connectivity index (χ3v) is 2.93. The van der Waals surface area contributed by atoms with E-state index in [4.69, 9.17) is 0 Å². The summed E-state index contributed by atoms with van der Waals surface area (Å²) in [4.78, 5) is 0. The molecule has 0 aromatic heterocycles. The van der Waals surface area contributed by atoms with Crippen molar-refractivity contribution in [2.24, 2.45) is 0 Å². The summed E-state index contributed by atoms with van der Waals surface area (Å²) >= 11 is 0. The van der Waals surface area contributed by atoms with Crippen molar-refractivity contribution in [1.29, 1.82) is 0 Å². The highest BCUT2D eigenvalue weighted by Gasteiger charge is 2.65. The van der Waals surface area contributed by atoms with Crippen molar-refractivity contribution in [2.75, 3.05) is 0 Å². The van der Waals surface area contributed by atoms with Crippen LogP contribution in [0.1, 0.15) is 0 Å². The van der Waals surface area contributed by atoms with Gasteiger partial charge < -0.3 is 0 Å². The minimum absolute atomic E-state index is 0.796. The Hall–Kier alpha value is -0.0800. The molecule has 0 aromatic rings. The molecule has 0 amide bonds. The molecule has 2 atom stereocenters. The summed E-state index contributed by atoms with van der Waals surface area (Å²) in [5.74, 6) is 0. The summed E-state index contributed by atoms with van der Waals surface area (Å²) in [5, 5.41) is -5.67. The molecule has 86 valence electrons. The molecular weight excluding hydrogens is 261 g/mol. The summed E-state index contributed by atoms with van der Waals surface area (Å²) in [7, 11) is -5.15. The molecule has 0 aliphatic carbocycles. The van der Waals surface area contributed by atoms with E-state index < -0.39 is 27.7 Å². The molecule has 11 heteroatoms. The second-order valence-electron chi connectivity index (χ2n) is 2.02. The second-order valence-corrected chi connectivity index (χ2v) is 4.24. The highest BCUT2D eigenvalue weighted by molar-refractivity contribution is 7.89. The van der Waals surface area contributed by atoms with Crippen LogP contribution in [0.3, 0.4) is 0 Å². The lowest BCUT2D eigenvalue weighted by Gasteiger charge is -2.20. The summed E-state index contributed by atoms with van der Waals surface area (Å²) in [6.45, 7) is 0. The fraction of sp³-hybridized carbons (Fsp3) is 1.00. The first-order valence-electron chi connectivity index (χ1n) is 2.68. The minimum Gasteiger partial charge on any atom is -0.250 e. The first kappa shape index (κ1) is 13.9. The lowest BCUT2D eigenvalue weighted by atomic mass is 10.4. The second kappa shape index (κ2) is 3.82. The van der Waals surface area contributed by atoms with Gasteiger partial charge in [0.05, 0.1) is 0 Å². The zero-order valence-corrected chi connectivity index (χ0v) is 8.03. The van der Waals surface area contributed by atoms with E-state index in [9.17, 15) is 34.8 Å². The van der Waals surface area contributed by atoms with E-state index in [2.05, 4.69) is 3.97 Å². The van der Waals surface area contributed by atoms with Gasteiger partial charge in [-0.05, 0) is 0 Å². The Morgan fingerprint density at radius 1 is 1.14 bits per heavy atom. The van der Waals surface area contributed by atoms with E-state index in [1.165, 1.54) is 0 Å². The Labute approximate surface area is 76.8 Å². The van der Waals surface area contributed by atoms with Gasteiger partial charge >= 0.3 is 21.5 Å². The fourth-order valence-corrected chi connectivity index (χ4v) is 1.28. The van der Waals surface area contributed by atoms with Gasteiger partial charge in [0, 0.05) is 9.47 Å². The van der Waals surface area contributed by atoms with Gasteiger partial charge in [0.15, 0.2) is 0 Å². The predicted molar refractivity (Wildman–Crippen MR) is 35.6 cm³/mol. The monoisotopic (exact) mass is 264 g/mol. The molecule has 0 aliphatic rings. The zero-order valence-electron chi connectivity index (χ0n) is 6.06. The van der Waals surface area contributed by atoms with Crippen LogP contribution in [0.25, 0.3) is 0 Å². The molecule has 2 unspecified atom stereocenters. The van der Waals surface area contributed by atoms with Gasteiger partial charge in [-0.25, -0.2) is 8.36 Å². The molecular formula is C3H3F6O3PS. The quantitative estimate of drug-likeness (QED) is 0.574. The van der Waals surface area contributed by atoms with Crippen LogP contribution in [-0.4, -0.2) is 26.0 Å². The summed E-state index contributed by atoms with van der Waals surface area (Å²) in [5.41, 5.74) is 0. The van der Waals surface area contributed by atoms with Crippen molar-refractivity contribution < 1.29 is 38.7 Å². The standard InChI is InChI=1S/C3H3F6O3PS/c4-1(2(5,6)7)3(8,9)14(10,11)12-13/h1H,13H2. The highest BCUT2D eigenvalue weighted by atomic mass is 32.2. The number of halogens is 6. The SMILES string of the molecule is O=S(=O)(OP)C(F)(F)C(F)C(F)(F)F. The Kier molecular flexibility index (Phi) is 3.80. The lowest BCUT2D eigenvalue weighted by Crippen LogP contribution is -2.47. The van der Waals surface area contributed by atoms with E-state index in [0.717, 1.165) is 9.47 Å². The van der Waals surface area contributed by atoms with Gasteiger partial charge in [-0.2, -0.15) is 30.4 Å². The highest BCUT2D eigenvalue weighted by Crippen LogP contribution is 2.39. The van der Waals surface area contributed by atoms with Crippen molar-refractivity contribution in [3.8, 4) is 0 Å². The van der Waals surface area contributed by atoms with Gasteiger partial charge in [0.1, 0.15) is 0 Å². The normalized spacial score (nSPS) is 16.8. The van der Waals surface area contributed by atoms with Crippen molar-refractivity contribution >= 4 is 19.6 Å². The van der Waals surface area contributed by atoms with E-state index in [1.807, 2.05) is 0 Å². The van der Waals surface area contributed by atoms with Crippen LogP contribution in [-0.2, 0) is 14.1 Å². The number of hydrogen-bond acceptors (Lipinski definition) is 3. The molecule has 0 aromatic carbocycles. The molecule has 0 spiro atoms. The van der Waals surface area contributed by atoms with Gasteiger partial charge in [0.2, 0.25) is 0 Å². The van der Waals surface area contributed by atoms with Crippen molar-refractivity contribution in [2.45, 2.75) is 17.6 Å². The van der Waals surface area contributed by atoms with Gasteiger partial charge in [-0.3, -0.25) is 0 Å². The molecule has 0 saturated heterocycles. The molecule has 0 saturated carbocycles. The largest absolute Gasteiger partial charge is 0.426 e. The molecule has 0 bridgehead atoms. The van der Waals surface area contributed by atoms with E-state index in [-0.39, 0.29) is 0 Å². The van der Waals surface area contributed by atoms with Crippen LogP contribution in [0.5, 0.6) is 0 Å². The third kappa shape index (κ3) is 2.48. The Morgan fingerprint density at radius 2 is 1.50 bits per heavy atom. The van der Waals surface area contributed by atoms with Crippen molar-refractivity contribution in [3.63, 3.8) is 0 Å². The lowest BCUT2D eigenvalue weighted by molar-refractivity contribution is -0.222. The van der Waals surface area contributed by atoms with Crippen LogP contribution in [0, 0.1) is 0 Å². The Morgan fingerprint density at radius 3 is 1.71 bits per heavy atom. The Balaban J connectivity index is 5.18. The summed E-state index contributed by atoms with van der Waals surface area (Å²) in [6.07, 6.45) is -10.8. The van der Waals surface area contributed by atoms with Gasteiger partial charge in [-0.1, -0.05) is 0 Å². The average molecular weight is 264 g/mol. The molecule has 14 heavy (non-hydrogen) atoms. The minimum atomic E-state index is -5.99. The molecule has 0 radical (unpaired) electrons. The predicted octanol–water partition coefficient (Wildman–Crippen LogP) is 1.62. The maximum atomic E-state index is 12.3. The van der Waals surface area contributed by atoms with Crippen molar-refractivity contribution in [3.05, 3.63) is 0 Å². The van der Waals surface area contributed by atoms with Gasteiger partial charge in [-0.15, -0.1) is 0 Å². The first-order valence-corrected chi connectivity index (χ1v) is 4.56. The smallest absolute Gasteiger partial charge is 0.250 e. The third-order valence-electron chi connectivity index (χ3n) is 1.04. The maximum absolute atomic E-state index is 12.3. The molecule has 3 nitrogen and oxygen atoms in total. The van der Waals surface area contributed by atoms with Gasteiger partial charge in [0.25, 0.3) is 6.17 Å². The number of alkyl halides is 6. The summed E-state index contributed by atoms with van der Waals surface area (Å²) in [6, 6.07) is 0. The fourth-order valence-electron chi connectivity index (χ4n) is 0.381. The van der Waals surface area contributed by atoms with Crippen LogP contribution in [0.2, 0.25) is 0 Å². The molecule has 0 N–H and O–H groups in total. The molecule has 0 fully saturated rings. The van der Waals surface area contributed by atoms with E-state index in [0.29, 0.717) is 0 Å². The van der Waals surface area contributed by atoms with Crippen LogP contribution < -0.4 is 0 Å². The molecule has 0 heterocycles. The van der Waals surface area contributed by atoms with E-state index >= 15 is 0 Å². The summed E-state index contributed by atoms with van der Waals surface area (Å²) < 4.78 is 94.2. The Bertz CT molecular complexity index is 296. The molecule has 0 aliphatic heterocycles. The van der Waals surface area contributed by atoms with Crippen LogP contribution in [0.15, 0.2) is 0 Å². The topological polar surface area (TPSA) is 43.4 Å². The molecule has 0 rings (SSSR count). The number of hydrogen-bond donors (Lipinski definition) is 0.